The normalized spacial score (nSPS) is 16.9. The minimum Gasteiger partial charge on any atom is -0.315 e. The fourth-order valence-corrected chi connectivity index (χ4v) is 2.31. The van der Waals surface area contributed by atoms with Gasteiger partial charge in [0.15, 0.2) is 5.15 Å². The fourth-order valence-electron chi connectivity index (χ4n) is 1.83. The Balaban J connectivity index is 2.29. The van der Waals surface area contributed by atoms with Crippen molar-refractivity contribution in [3.8, 4) is 0 Å². The van der Waals surface area contributed by atoms with Crippen LogP contribution in [0.15, 0.2) is 18.2 Å². The van der Waals surface area contributed by atoms with Crippen molar-refractivity contribution in [1.29, 1.82) is 0 Å². The molecule has 1 fully saturated rings. The number of hydrogen-bond acceptors (Lipinski definition) is 2. The van der Waals surface area contributed by atoms with Gasteiger partial charge < -0.3 is 5.32 Å². The van der Waals surface area contributed by atoms with E-state index in [-0.39, 0.29) is 0 Å². The molecule has 1 saturated heterocycles. The fraction of sp³-hybridized carbons (Fsp3) is 0.300. The lowest BCUT2D eigenvalue weighted by Gasteiger charge is -2.25. The third kappa shape index (κ3) is 1.34. The second-order valence-electron chi connectivity index (χ2n) is 3.69. The Labute approximate surface area is 97.0 Å². The van der Waals surface area contributed by atoms with E-state index in [1.54, 1.807) is 0 Å². The van der Waals surface area contributed by atoms with E-state index >= 15 is 0 Å². The first-order valence-electron chi connectivity index (χ1n) is 4.80. The summed E-state index contributed by atoms with van der Waals surface area (Å²) in [6.45, 7) is 1.89. The molecule has 5 heteroatoms. The zero-order chi connectivity index (χ0) is 10.4. The Kier molecular flexibility index (Phi) is 2.12. The average Bonchev–Trinajstić information content (AvgIpc) is 2.43. The topological polar surface area (TPSA) is 29.3 Å². The van der Waals surface area contributed by atoms with Crippen molar-refractivity contribution in [3.05, 3.63) is 34.3 Å². The average molecular weight is 242 g/mol. The third-order valence-electron chi connectivity index (χ3n) is 2.74. The van der Waals surface area contributed by atoms with Crippen molar-refractivity contribution in [2.24, 2.45) is 0 Å². The van der Waals surface area contributed by atoms with Gasteiger partial charge in [-0.2, -0.15) is 0 Å². The van der Waals surface area contributed by atoms with Crippen LogP contribution in [0.1, 0.15) is 11.7 Å². The summed E-state index contributed by atoms with van der Waals surface area (Å²) in [5, 5.41) is 4.40. The summed E-state index contributed by atoms with van der Waals surface area (Å²) in [6, 6.07) is 5.66. The molecule has 0 amide bonds. The van der Waals surface area contributed by atoms with Crippen molar-refractivity contribution in [3.63, 3.8) is 0 Å². The number of hydrogen-bond donors (Lipinski definition) is 1. The molecule has 1 N–H and O–H groups in total. The zero-order valence-corrected chi connectivity index (χ0v) is 9.39. The first-order chi connectivity index (χ1) is 7.27. The molecule has 0 aromatic carbocycles. The summed E-state index contributed by atoms with van der Waals surface area (Å²) in [5.74, 6) is 1.38. The van der Waals surface area contributed by atoms with Gasteiger partial charge in [-0.05, 0) is 12.1 Å². The van der Waals surface area contributed by atoms with Crippen LogP contribution in [0, 0.1) is 0 Å². The lowest BCUT2D eigenvalue weighted by atomic mass is 10.0. The van der Waals surface area contributed by atoms with Crippen molar-refractivity contribution in [2.75, 3.05) is 13.1 Å². The molecule has 0 bridgehead atoms. The first kappa shape index (κ1) is 9.46. The molecular formula is C10H9Cl2N3. The molecule has 3 rings (SSSR count). The van der Waals surface area contributed by atoms with Gasteiger partial charge in [-0.25, -0.2) is 4.98 Å². The van der Waals surface area contributed by atoms with Gasteiger partial charge in [0.1, 0.15) is 11.0 Å². The number of pyridine rings is 1. The molecule has 1 aliphatic heterocycles. The molecule has 0 atom stereocenters. The predicted molar refractivity (Wildman–Crippen MR) is 60.8 cm³/mol. The molecule has 0 aliphatic carbocycles. The maximum absolute atomic E-state index is 6.14. The number of nitrogens with one attached hydrogen (secondary N) is 1. The molecule has 15 heavy (non-hydrogen) atoms. The standard InChI is InChI=1S/C10H9Cl2N3/c11-8-3-1-2-7-9(12)14-10(15(7)8)6-4-13-5-6/h1-3,6,13H,4-5H2. The van der Waals surface area contributed by atoms with Crippen molar-refractivity contribution >= 4 is 28.7 Å². The largest absolute Gasteiger partial charge is 0.315 e. The van der Waals surface area contributed by atoms with Gasteiger partial charge in [-0.15, -0.1) is 0 Å². The summed E-state index contributed by atoms with van der Waals surface area (Å²) in [6.07, 6.45) is 0. The lowest BCUT2D eigenvalue weighted by Crippen LogP contribution is -2.40. The van der Waals surface area contributed by atoms with Gasteiger partial charge in [-0.3, -0.25) is 4.40 Å². The van der Waals surface area contributed by atoms with Crippen LogP contribution in [0.25, 0.3) is 5.52 Å². The maximum Gasteiger partial charge on any atom is 0.155 e. The highest BCUT2D eigenvalue weighted by Gasteiger charge is 2.25. The van der Waals surface area contributed by atoms with Gasteiger partial charge in [0, 0.05) is 19.0 Å². The molecule has 0 radical (unpaired) electrons. The Morgan fingerprint density at radius 2 is 2.13 bits per heavy atom. The van der Waals surface area contributed by atoms with E-state index in [0.717, 1.165) is 24.4 Å². The van der Waals surface area contributed by atoms with E-state index in [1.165, 1.54) is 0 Å². The van der Waals surface area contributed by atoms with Crippen LogP contribution in [0.5, 0.6) is 0 Å². The van der Waals surface area contributed by atoms with Gasteiger partial charge in [-0.1, -0.05) is 29.3 Å². The molecule has 3 heterocycles. The van der Waals surface area contributed by atoms with Crippen LogP contribution >= 0.6 is 23.2 Å². The lowest BCUT2D eigenvalue weighted by molar-refractivity contribution is 0.429. The first-order valence-corrected chi connectivity index (χ1v) is 5.56. The van der Waals surface area contributed by atoms with E-state index in [0.29, 0.717) is 16.2 Å². The van der Waals surface area contributed by atoms with Crippen LogP contribution in [-0.2, 0) is 0 Å². The SMILES string of the molecule is Clc1nc(C2CNC2)n2c(Cl)cccc12. The number of nitrogens with zero attached hydrogens (tertiary/aromatic N) is 2. The van der Waals surface area contributed by atoms with Gasteiger partial charge in [0.05, 0.1) is 5.52 Å². The smallest absolute Gasteiger partial charge is 0.155 e. The highest BCUT2D eigenvalue weighted by Crippen LogP contribution is 2.28. The molecule has 1 aliphatic rings. The Hall–Kier alpha value is -0.770. The van der Waals surface area contributed by atoms with Crippen LogP contribution in [0.4, 0.5) is 0 Å². The zero-order valence-electron chi connectivity index (χ0n) is 7.87. The monoisotopic (exact) mass is 241 g/mol. The van der Waals surface area contributed by atoms with E-state index in [2.05, 4.69) is 10.3 Å². The van der Waals surface area contributed by atoms with Gasteiger partial charge in [0.2, 0.25) is 0 Å². The number of aromatic nitrogens is 2. The van der Waals surface area contributed by atoms with E-state index in [4.69, 9.17) is 23.2 Å². The Bertz CT molecular complexity index is 517. The highest BCUT2D eigenvalue weighted by atomic mass is 35.5. The molecule has 0 saturated carbocycles. The summed E-state index contributed by atoms with van der Waals surface area (Å²) >= 11 is 12.2. The Morgan fingerprint density at radius 3 is 2.80 bits per heavy atom. The number of halogens is 2. The number of imidazole rings is 1. The molecule has 78 valence electrons. The second kappa shape index (κ2) is 3.37. The van der Waals surface area contributed by atoms with E-state index in [9.17, 15) is 0 Å². The van der Waals surface area contributed by atoms with E-state index in [1.807, 2.05) is 22.6 Å². The molecule has 0 unspecified atom stereocenters. The summed E-state index contributed by atoms with van der Waals surface area (Å²) in [5.41, 5.74) is 0.881. The Morgan fingerprint density at radius 1 is 1.33 bits per heavy atom. The molecular weight excluding hydrogens is 233 g/mol. The molecule has 3 nitrogen and oxygen atoms in total. The quantitative estimate of drug-likeness (QED) is 0.777. The number of fused-ring (bicyclic) bond motifs is 1. The summed E-state index contributed by atoms with van der Waals surface area (Å²) < 4.78 is 1.93. The van der Waals surface area contributed by atoms with Crippen molar-refractivity contribution in [1.82, 2.24) is 14.7 Å². The maximum atomic E-state index is 6.14. The van der Waals surface area contributed by atoms with Crippen molar-refractivity contribution in [2.45, 2.75) is 5.92 Å². The van der Waals surface area contributed by atoms with Crippen LogP contribution in [0.2, 0.25) is 10.3 Å². The second-order valence-corrected chi connectivity index (χ2v) is 4.43. The third-order valence-corrected chi connectivity index (χ3v) is 3.32. The highest BCUT2D eigenvalue weighted by molar-refractivity contribution is 6.33. The summed E-state index contributed by atoms with van der Waals surface area (Å²) in [4.78, 5) is 4.38. The predicted octanol–water partition coefficient (Wildman–Crippen LogP) is 2.33. The van der Waals surface area contributed by atoms with Crippen LogP contribution in [-0.4, -0.2) is 22.5 Å². The minimum atomic E-state index is 0.421. The van der Waals surface area contributed by atoms with Crippen LogP contribution in [0.3, 0.4) is 0 Å². The van der Waals surface area contributed by atoms with Crippen molar-refractivity contribution < 1.29 is 0 Å². The van der Waals surface area contributed by atoms with Gasteiger partial charge in [0.25, 0.3) is 0 Å². The minimum absolute atomic E-state index is 0.421. The molecule has 2 aromatic heterocycles. The van der Waals surface area contributed by atoms with E-state index < -0.39 is 0 Å². The molecule has 0 spiro atoms. The molecule has 2 aromatic rings. The summed E-state index contributed by atoms with van der Waals surface area (Å²) in [7, 11) is 0. The van der Waals surface area contributed by atoms with Gasteiger partial charge >= 0.3 is 0 Å². The van der Waals surface area contributed by atoms with Crippen LogP contribution < -0.4 is 5.32 Å². The number of rotatable bonds is 1.